The van der Waals surface area contributed by atoms with Crippen LogP contribution < -0.4 is 5.32 Å². The number of nitrogens with one attached hydrogen (secondary N) is 1. The number of aliphatic hydroxyl groups is 1. The van der Waals surface area contributed by atoms with Gasteiger partial charge in [0.2, 0.25) is 0 Å². The molecule has 1 aliphatic rings. The molecule has 2 aromatic rings. The Morgan fingerprint density at radius 3 is 2.48 bits per heavy atom. The molecule has 0 saturated carbocycles. The first-order valence-corrected chi connectivity index (χ1v) is 8.57. The van der Waals surface area contributed by atoms with Gasteiger partial charge < -0.3 is 10.4 Å². The fourth-order valence-corrected chi connectivity index (χ4v) is 3.08. The number of rotatable bonds is 6. The van der Waals surface area contributed by atoms with Crippen molar-refractivity contribution in [1.29, 1.82) is 0 Å². The number of hydrogen-bond donors (Lipinski definition) is 2. The van der Waals surface area contributed by atoms with Crippen LogP contribution >= 0.6 is 0 Å². The number of nitrogens with zero attached hydrogens (tertiary/aromatic N) is 2. The third kappa shape index (κ3) is 4.78. The number of aliphatic hydroxyl groups excluding tert-OH is 1. The molecule has 0 spiro atoms. The first-order chi connectivity index (χ1) is 12.1. The van der Waals surface area contributed by atoms with Gasteiger partial charge in [0, 0.05) is 44.0 Å². The maximum Gasteiger partial charge on any atom is 0.269 e. The Labute approximate surface area is 147 Å². The van der Waals surface area contributed by atoms with Crippen molar-refractivity contribution in [3.63, 3.8) is 0 Å². The lowest BCUT2D eigenvalue weighted by Crippen LogP contribution is -2.35. The molecule has 1 saturated heterocycles. The maximum absolute atomic E-state index is 10.7. The van der Waals surface area contributed by atoms with E-state index in [1.165, 1.54) is 17.7 Å². The normalized spacial score (nSPS) is 15.9. The average molecular weight is 341 g/mol. The third-order valence-corrected chi connectivity index (χ3v) is 4.60. The topological polar surface area (TPSA) is 78.6 Å². The fraction of sp³-hybridized carbons (Fsp3) is 0.368. The number of anilines is 1. The lowest BCUT2D eigenvalue weighted by Gasteiger charge is -2.30. The molecule has 0 atom stereocenters. The van der Waals surface area contributed by atoms with Gasteiger partial charge in [-0.05, 0) is 30.0 Å². The Morgan fingerprint density at radius 2 is 1.80 bits per heavy atom. The SMILES string of the molecule is O=[N+]([O-])c1ccc(CNc2ccccc2CN2CCC(O)CC2)cc1. The van der Waals surface area contributed by atoms with E-state index in [1.807, 2.05) is 12.1 Å². The number of benzene rings is 2. The predicted octanol–water partition coefficient (Wildman–Crippen LogP) is 3.16. The molecule has 132 valence electrons. The second-order valence-electron chi connectivity index (χ2n) is 6.44. The predicted molar refractivity (Wildman–Crippen MR) is 97.4 cm³/mol. The molecular weight excluding hydrogens is 318 g/mol. The van der Waals surface area contributed by atoms with E-state index in [1.54, 1.807) is 12.1 Å². The van der Waals surface area contributed by atoms with Gasteiger partial charge in [0.1, 0.15) is 0 Å². The van der Waals surface area contributed by atoms with Crippen LogP contribution in [0.25, 0.3) is 0 Å². The van der Waals surface area contributed by atoms with E-state index in [4.69, 9.17) is 0 Å². The second-order valence-corrected chi connectivity index (χ2v) is 6.44. The molecule has 0 radical (unpaired) electrons. The van der Waals surface area contributed by atoms with Gasteiger partial charge in [0.25, 0.3) is 5.69 Å². The largest absolute Gasteiger partial charge is 0.393 e. The Morgan fingerprint density at radius 1 is 1.12 bits per heavy atom. The molecule has 0 amide bonds. The van der Waals surface area contributed by atoms with E-state index >= 15 is 0 Å². The maximum atomic E-state index is 10.7. The molecule has 6 nitrogen and oxygen atoms in total. The van der Waals surface area contributed by atoms with Crippen LogP contribution in [0.2, 0.25) is 0 Å². The van der Waals surface area contributed by atoms with Crippen LogP contribution in [0.4, 0.5) is 11.4 Å². The van der Waals surface area contributed by atoms with E-state index in [-0.39, 0.29) is 16.7 Å². The van der Waals surface area contributed by atoms with Crippen LogP contribution in [-0.4, -0.2) is 34.1 Å². The average Bonchev–Trinajstić information content (AvgIpc) is 2.63. The van der Waals surface area contributed by atoms with Crippen LogP contribution in [0.1, 0.15) is 24.0 Å². The molecule has 2 aromatic carbocycles. The smallest absolute Gasteiger partial charge is 0.269 e. The molecule has 25 heavy (non-hydrogen) atoms. The number of non-ortho nitro benzene ring substituents is 1. The highest BCUT2D eigenvalue weighted by molar-refractivity contribution is 5.51. The summed E-state index contributed by atoms with van der Waals surface area (Å²) in [7, 11) is 0. The zero-order valence-electron chi connectivity index (χ0n) is 14.1. The summed E-state index contributed by atoms with van der Waals surface area (Å²) in [6.45, 7) is 3.31. The van der Waals surface area contributed by atoms with Crippen molar-refractivity contribution in [2.75, 3.05) is 18.4 Å². The first-order valence-electron chi connectivity index (χ1n) is 8.57. The molecule has 2 N–H and O–H groups in total. The standard InChI is InChI=1S/C19H23N3O3/c23-18-9-11-21(12-10-18)14-16-3-1-2-4-19(16)20-13-15-5-7-17(8-6-15)22(24)25/h1-8,18,20,23H,9-14H2. The van der Waals surface area contributed by atoms with Gasteiger partial charge in [-0.15, -0.1) is 0 Å². The molecular formula is C19H23N3O3. The minimum atomic E-state index is -0.387. The van der Waals surface area contributed by atoms with Crippen molar-refractivity contribution in [2.24, 2.45) is 0 Å². The number of nitro benzene ring substituents is 1. The van der Waals surface area contributed by atoms with Crippen molar-refractivity contribution in [2.45, 2.75) is 32.0 Å². The van der Waals surface area contributed by atoms with Gasteiger partial charge in [-0.3, -0.25) is 15.0 Å². The summed E-state index contributed by atoms with van der Waals surface area (Å²) in [5, 5.41) is 23.8. The van der Waals surface area contributed by atoms with Crippen molar-refractivity contribution in [3.8, 4) is 0 Å². The highest BCUT2D eigenvalue weighted by atomic mass is 16.6. The minimum absolute atomic E-state index is 0.108. The monoisotopic (exact) mass is 341 g/mol. The van der Waals surface area contributed by atoms with Gasteiger partial charge in [-0.2, -0.15) is 0 Å². The van der Waals surface area contributed by atoms with Gasteiger partial charge >= 0.3 is 0 Å². The number of para-hydroxylation sites is 1. The minimum Gasteiger partial charge on any atom is -0.393 e. The third-order valence-electron chi connectivity index (χ3n) is 4.60. The van der Waals surface area contributed by atoms with Gasteiger partial charge in [0.05, 0.1) is 11.0 Å². The summed E-state index contributed by atoms with van der Waals surface area (Å²) in [5.74, 6) is 0. The van der Waals surface area contributed by atoms with Crippen LogP contribution in [0.15, 0.2) is 48.5 Å². The molecule has 0 unspecified atom stereocenters. The fourth-order valence-electron chi connectivity index (χ4n) is 3.08. The first kappa shape index (κ1) is 17.4. The lowest BCUT2D eigenvalue weighted by molar-refractivity contribution is -0.384. The van der Waals surface area contributed by atoms with Gasteiger partial charge in [0.15, 0.2) is 0 Å². The van der Waals surface area contributed by atoms with E-state index in [2.05, 4.69) is 22.3 Å². The van der Waals surface area contributed by atoms with Gasteiger partial charge in [-0.25, -0.2) is 0 Å². The van der Waals surface area contributed by atoms with Crippen molar-refractivity contribution >= 4 is 11.4 Å². The van der Waals surface area contributed by atoms with Crippen LogP contribution in [0, 0.1) is 10.1 Å². The highest BCUT2D eigenvalue weighted by Gasteiger charge is 2.17. The van der Waals surface area contributed by atoms with Gasteiger partial charge in [-0.1, -0.05) is 30.3 Å². The number of likely N-dealkylation sites (tertiary alicyclic amines) is 1. The molecule has 0 aromatic heterocycles. The van der Waals surface area contributed by atoms with E-state index in [0.29, 0.717) is 6.54 Å². The van der Waals surface area contributed by atoms with Crippen LogP contribution in [0.5, 0.6) is 0 Å². The zero-order chi connectivity index (χ0) is 17.6. The number of hydrogen-bond acceptors (Lipinski definition) is 5. The molecule has 1 aliphatic heterocycles. The summed E-state index contributed by atoms with van der Waals surface area (Å²) in [6, 6.07) is 14.8. The molecule has 1 heterocycles. The van der Waals surface area contributed by atoms with Crippen molar-refractivity contribution < 1.29 is 10.0 Å². The number of piperidine rings is 1. The molecule has 6 heteroatoms. The summed E-state index contributed by atoms with van der Waals surface area (Å²) in [4.78, 5) is 12.7. The highest BCUT2D eigenvalue weighted by Crippen LogP contribution is 2.21. The Balaban J connectivity index is 1.61. The Kier molecular flexibility index (Phi) is 5.63. The van der Waals surface area contributed by atoms with Crippen molar-refractivity contribution in [1.82, 2.24) is 4.90 Å². The van der Waals surface area contributed by atoms with E-state index in [9.17, 15) is 15.2 Å². The summed E-state index contributed by atoms with van der Waals surface area (Å²) in [5.41, 5.74) is 3.41. The molecule has 0 bridgehead atoms. The quantitative estimate of drug-likeness (QED) is 0.623. The second kappa shape index (κ2) is 8.09. The van der Waals surface area contributed by atoms with E-state index < -0.39 is 0 Å². The summed E-state index contributed by atoms with van der Waals surface area (Å²) >= 11 is 0. The zero-order valence-corrected chi connectivity index (χ0v) is 14.1. The molecule has 1 fully saturated rings. The number of nitro groups is 1. The molecule has 3 rings (SSSR count). The van der Waals surface area contributed by atoms with Crippen molar-refractivity contribution in [3.05, 3.63) is 69.8 Å². The lowest BCUT2D eigenvalue weighted by atomic mass is 10.1. The Hall–Kier alpha value is -2.44. The van der Waals surface area contributed by atoms with Crippen LogP contribution in [0.3, 0.4) is 0 Å². The summed E-state index contributed by atoms with van der Waals surface area (Å²) < 4.78 is 0. The Bertz CT molecular complexity index is 710. The molecule has 0 aliphatic carbocycles. The van der Waals surface area contributed by atoms with Crippen LogP contribution in [-0.2, 0) is 13.1 Å². The van der Waals surface area contributed by atoms with E-state index in [0.717, 1.165) is 43.7 Å². The summed E-state index contributed by atoms with van der Waals surface area (Å²) in [6.07, 6.45) is 1.50.